The fourth-order valence-electron chi connectivity index (χ4n) is 12.3. The first kappa shape index (κ1) is 36.6. The van der Waals surface area contributed by atoms with Gasteiger partial charge in [-0.05, 0) is 169 Å². The number of hydrogen-bond acceptors (Lipinski definition) is 0. The summed E-state index contributed by atoms with van der Waals surface area (Å²) in [4.78, 5) is 0. The lowest BCUT2D eigenvalue weighted by Crippen LogP contribution is -2.14. The lowest BCUT2D eigenvalue weighted by Gasteiger charge is -2.23. The minimum Gasteiger partial charge on any atom is -0.0619 e. The van der Waals surface area contributed by atoms with Gasteiger partial charge in [-0.3, -0.25) is 0 Å². The predicted octanol–water partition coefficient (Wildman–Crippen LogP) is 17.1. The highest BCUT2D eigenvalue weighted by molar-refractivity contribution is 6.24. The Hall–Kier alpha value is -7.02. The largest absolute Gasteiger partial charge is 0.0619 e. The minimum absolute atomic E-state index is 0.0702. The second-order valence-corrected chi connectivity index (χ2v) is 20.0. The molecule has 0 aromatic heterocycles. The maximum absolute atomic E-state index is 2.51. The summed E-state index contributed by atoms with van der Waals surface area (Å²) in [7, 11) is 0. The highest BCUT2D eigenvalue weighted by atomic mass is 14.4. The molecular formula is C63H48. The number of hydrogen-bond donors (Lipinski definition) is 0. The Balaban J connectivity index is 1.07. The van der Waals surface area contributed by atoms with Crippen molar-refractivity contribution in [1.82, 2.24) is 0 Å². The average molecular weight is 805 g/mol. The molecule has 0 heterocycles. The average Bonchev–Trinajstić information content (AvgIpc) is 3.80. The number of rotatable bonds is 3. The van der Waals surface area contributed by atoms with Crippen molar-refractivity contribution in [3.8, 4) is 66.8 Å². The second kappa shape index (κ2) is 12.6. The van der Waals surface area contributed by atoms with Crippen LogP contribution in [0.5, 0.6) is 0 Å². The lowest BCUT2D eigenvalue weighted by atomic mass is 9.80. The maximum atomic E-state index is 2.51. The quantitative estimate of drug-likeness (QED) is 0.156. The summed E-state index contributed by atoms with van der Waals surface area (Å²) in [6, 6.07) is 69.9. The molecule has 10 aromatic rings. The number of benzene rings is 10. The van der Waals surface area contributed by atoms with Gasteiger partial charge in [-0.15, -0.1) is 0 Å². The van der Waals surface area contributed by atoms with E-state index in [9.17, 15) is 0 Å². The van der Waals surface area contributed by atoms with Gasteiger partial charge in [-0.1, -0.05) is 187 Å². The van der Waals surface area contributed by atoms with Gasteiger partial charge < -0.3 is 0 Å². The molecule has 0 atom stereocenters. The molecule has 300 valence electrons. The van der Waals surface area contributed by atoms with Crippen LogP contribution in [0.15, 0.2) is 182 Å². The Morgan fingerprint density at radius 1 is 0.206 bits per heavy atom. The van der Waals surface area contributed by atoms with E-state index in [4.69, 9.17) is 0 Å². The molecule has 0 amide bonds. The van der Waals surface area contributed by atoms with E-state index in [1.54, 1.807) is 0 Å². The van der Waals surface area contributed by atoms with Gasteiger partial charge in [0.15, 0.2) is 0 Å². The Labute approximate surface area is 370 Å². The first-order valence-electron chi connectivity index (χ1n) is 22.7. The highest BCUT2D eigenvalue weighted by Crippen LogP contribution is 2.54. The first-order chi connectivity index (χ1) is 30.5. The zero-order valence-electron chi connectivity index (χ0n) is 36.8. The van der Waals surface area contributed by atoms with E-state index in [0.29, 0.717) is 0 Å². The van der Waals surface area contributed by atoms with Crippen molar-refractivity contribution in [1.29, 1.82) is 0 Å². The summed E-state index contributed by atoms with van der Waals surface area (Å²) in [5.41, 5.74) is 23.9. The fourth-order valence-corrected chi connectivity index (χ4v) is 12.3. The summed E-state index contributed by atoms with van der Waals surface area (Å²) in [6.07, 6.45) is 0. The third-order valence-electron chi connectivity index (χ3n) is 15.7. The zero-order valence-corrected chi connectivity index (χ0v) is 36.8. The van der Waals surface area contributed by atoms with Crippen molar-refractivity contribution in [3.05, 3.63) is 215 Å². The zero-order chi connectivity index (χ0) is 42.6. The van der Waals surface area contributed by atoms with Crippen LogP contribution in [0.2, 0.25) is 0 Å². The Kier molecular flexibility index (Phi) is 7.29. The second-order valence-electron chi connectivity index (χ2n) is 20.0. The molecule has 0 bridgehead atoms. The van der Waals surface area contributed by atoms with Crippen LogP contribution in [0.3, 0.4) is 0 Å². The van der Waals surface area contributed by atoms with Crippen molar-refractivity contribution in [2.45, 2.75) is 57.8 Å². The smallest absolute Gasteiger partial charge is 0.0159 e. The monoisotopic (exact) mass is 804 g/mol. The van der Waals surface area contributed by atoms with Crippen LogP contribution in [0.25, 0.3) is 99.1 Å². The molecule has 0 aliphatic heterocycles. The van der Waals surface area contributed by atoms with Gasteiger partial charge in [0.25, 0.3) is 0 Å². The van der Waals surface area contributed by atoms with Gasteiger partial charge >= 0.3 is 0 Å². The fraction of sp³-hybridized carbons (Fsp3) is 0.143. The molecule has 13 rings (SSSR count). The van der Waals surface area contributed by atoms with E-state index in [0.717, 1.165) is 0 Å². The molecule has 63 heavy (non-hydrogen) atoms. The molecule has 0 fully saturated rings. The standard InChI is InChI=1S/C63H48/c1-61(2)55-20-12-9-17-44(55)47-28-24-38(32-58(47)61)37-23-27-43-51(40-26-30-49-46-19-11-14-22-57(46)63(5,6)60(49)34-40)35-53-42-16-8-7-15-41(42)50(36-54(53)52(43)31-37)39-25-29-48-45-18-10-13-21-56(45)62(3,4)59(48)33-39/h7-36H,1-6H3. The maximum Gasteiger partial charge on any atom is 0.0159 e. The summed E-state index contributed by atoms with van der Waals surface area (Å²) in [5, 5.41) is 7.71. The van der Waals surface area contributed by atoms with Crippen molar-refractivity contribution in [2.24, 2.45) is 0 Å². The minimum atomic E-state index is -0.0871. The summed E-state index contributed by atoms with van der Waals surface area (Å²) in [5.74, 6) is 0. The van der Waals surface area contributed by atoms with E-state index in [2.05, 4.69) is 224 Å². The van der Waals surface area contributed by atoms with Crippen LogP contribution in [-0.4, -0.2) is 0 Å². The van der Waals surface area contributed by atoms with Gasteiger partial charge in [0.05, 0.1) is 0 Å². The van der Waals surface area contributed by atoms with Crippen molar-refractivity contribution in [3.63, 3.8) is 0 Å². The molecular weight excluding hydrogens is 757 g/mol. The van der Waals surface area contributed by atoms with E-state index < -0.39 is 0 Å². The molecule has 0 spiro atoms. The van der Waals surface area contributed by atoms with E-state index in [-0.39, 0.29) is 16.2 Å². The summed E-state index contributed by atoms with van der Waals surface area (Å²) < 4.78 is 0. The van der Waals surface area contributed by atoms with Gasteiger partial charge in [0, 0.05) is 16.2 Å². The van der Waals surface area contributed by atoms with Crippen LogP contribution < -0.4 is 0 Å². The lowest BCUT2D eigenvalue weighted by molar-refractivity contribution is 0.660. The van der Waals surface area contributed by atoms with E-state index in [1.165, 1.54) is 132 Å². The van der Waals surface area contributed by atoms with Gasteiger partial charge in [0.2, 0.25) is 0 Å². The molecule has 10 aromatic carbocycles. The van der Waals surface area contributed by atoms with Crippen LogP contribution in [0, 0.1) is 0 Å². The van der Waals surface area contributed by atoms with Gasteiger partial charge in [-0.25, -0.2) is 0 Å². The normalized spacial score (nSPS) is 15.5. The Morgan fingerprint density at radius 3 is 1.02 bits per heavy atom. The van der Waals surface area contributed by atoms with Crippen LogP contribution in [0.4, 0.5) is 0 Å². The van der Waals surface area contributed by atoms with Crippen molar-refractivity contribution >= 4 is 32.3 Å². The topological polar surface area (TPSA) is 0 Å². The molecule has 0 nitrogen and oxygen atoms in total. The van der Waals surface area contributed by atoms with Crippen molar-refractivity contribution in [2.75, 3.05) is 0 Å². The van der Waals surface area contributed by atoms with Crippen LogP contribution >= 0.6 is 0 Å². The number of fused-ring (bicyclic) bond motifs is 14. The summed E-state index contributed by atoms with van der Waals surface area (Å²) in [6.45, 7) is 14.3. The SMILES string of the molecule is CC1(C)c2ccccc2-c2ccc(-c3ccc4c(-c5ccc6c(c5)C(C)(C)c5ccccc5-6)cc5c6ccccc6c(-c6ccc7c(c6)C(C)(C)c6ccccc6-7)cc5c4c3)cc21. The Bertz CT molecular complexity index is 3640. The predicted molar refractivity (Wildman–Crippen MR) is 268 cm³/mol. The summed E-state index contributed by atoms with van der Waals surface area (Å²) >= 11 is 0. The van der Waals surface area contributed by atoms with Gasteiger partial charge in [-0.2, -0.15) is 0 Å². The molecule has 0 N–H and O–H groups in total. The van der Waals surface area contributed by atoms with Crippen LogP contribution in [0.1, 0.15) is 74.9 Å². The van der Waals surface area contributed by atoms with Gasteiger partial charge in [0.1, 0.15) is 0 Å². The molecule has 0 saturated carbocycles. The first-order valence-corrected chi connectivity index (χ1v) is 22.7. The molecule has 0 heteroatoms. The van der Waals surface area contributed by atoms with Crippen molar-refractivity contribution < 1.29 is 0 Å². The molecule has 3 aliphatic rings. The molecule has 0 saturated heterocycles. The molecule has 0 radical (unpaired) electrons. The third kappa shape index (κ3) is 4.93. The van der Waals surface area contributed by atoms with E-state index in [1.807, 2.05) is 0 Å². The van der Waals surface area contributed by atoms with Crippen LogP contribution in [-0.2, 0) is 16.2 Å². The van der Waals surface area contributed by atoms with E-state index >= 15 is 0 Å². The highest BCUT2D eigenvalue weighted by Gasteiger charge is 2.38. The third-order valence-corrected chi connectivity index (χ3v) is 15.7. The Morgan fingerprint density at radius 2 is 0.524 bits per heavy atom. The molecule has 0 unspecified atom stereocenters. The molecule has 3 aliphatic carbocycles.